The van der Waals surface area contributed by atoms with Crippen LogP contribution in [0.4, 0.5) is 0 Å². The van der Waals surface area contributed by atoms with Gasteiger partial charge in [-0.2, -0.15) is 0 Å². The summed E-state index contributed by atoms with van der Waals surface area (Å²) in [6.07, 6.45) is 0. The minimum absolute atomic E-state index is 0.00361. The highest BCUT2D eigenvalue weighted by molar-refractivity contribution is 9.11. The average molecular weight is 468 g/mol. The van der Waals surface area contributed by atoms with Gasteiger partial charge in [-0.05, 0) is 56.1 Å². The van der Waals surface area contributed by atoms with Gasteiger partial charge in [-0.1, -0.05) is 15.9 Å². The fraction of sp³-hybridized carbons (Fsp3) is 0.154. The van der Waals surface area contributed by atoms with E-state index in [2.05, 4.69) is 47.8 Å². The van der Waals surface area contributed by atoms with Crippen molar-refractivity contribution in [2.45, 2.75) is 6.54 Å². The van der Waals surface area contributed by atoms with E-state index in [-0.39, 0.29) is 5.91 Å². The van der Waals surface area contributed by atoms with Gasteiger partial charge in [-0.3, -0.25) is 4.79 Å². The number of carbonyl (C=O) groups excluding carboxylic acids is 1. The van der Waals surface area contributed by atoms with E-state index < -0.39 is 0 Å². The molecule has 2 aromatic rings. The predicted molar refractivity (Wildman–Crippen MR) is 89.7 cm³/mol. The van der Waals surface area contributed by atoms with Crippen LogP contribution >= 0.6 is 59.1 Å². The Balaban J connectivity index is 2.14. The molecule has 100 valence electrons. The highest BCUT2D eigenvalue weighted by atomic mass is 79.9. The molecule has 6 heteroatoms. The Morgan fingerprint density at radius 2 is 1.95 bits per heavy atom. The number of hydrogen-bond acceptors (Lipinski definition) is 2. The van der Waals surface area contributed by atoms with Gasteiger partial charge in [0.05, 0.1) is 12.1 Å². The van der Waals surface area contributed by atoms with E-state index in [1.54, 1.807) is 16.2 Å². The molecular weight excluding hydrogens is 458 g/mol. The zero-order chi connectivity index (χ0) is 14.0. The predicted octanol–water partition coefficient (Wildman–Crippen LogP) is 5.31. The van der Waals surface area contributed by atoms with Crippen LogP contribution in [0.2, 0.25) is 0 Å². The first kappa shape index (κ1) is 15.2. The van der Waals surface area contributed by atoms with Gasteiger partial charge >= 0.3 is 0 Å². The second-order valence-corrected chi connectivity index (χ2v) is 7.70. The molecule has 1 heterocycles. The van der Waals surface area contributed by atoms with Gasteiger partial charge in [0, 0.05) is 30.7 Å². The molecule has 0 spiro atoms. The lowest BCUT2D eigenvalue weighted by molar-refractivity contribution is 0.0785. The summed E-state index contributed by atoms with van der Waals surface area (Å²) < 4.78 is 2.80. The summed E-state index contributed by atoms with van der Waals surface area (Å²) in [7, 11) is 1.81. The third-order valence-electron chi connectivity index (χ3n) is 2.52. The van der Waals surface area contributed by atoms with Crippen LogP contribution in [0, 0.1) is 0 Å². The maximum absolute atomic E-state index is 12.4. The van der Waals surface area contributed by atoms with Crippen LogP contribution < -0.4 is 0 Å². The number of amides is 1. The second-order valence-electron chi connectivity index (χ2n) is 4.02. The van der Waals surface area contributed by atoms with E-state index in [0.717, 1.165) is 18.3 Å². The van der Waals surface area contributed by atoms with E-state index >= 15 is 0 Å². The molecule has 0 N–H and O–H groups in total. The van der Waals surface area contributed by atoms with Crippen molar-refractivity contribution in [2.24, 2.45) is 0 Å². The van der Waals surface area contributed by atoms with E-state index in [1.165, 1.54) is 0 Å². The van der Waals surface area contributed by atoms with Crippen LogP contribution in [0.5, 0.6) is 0 Å². The van der Waals surface area contributed by atoms with Crippen molar-refractivity contribution in [3.8, 4) is 0 Å². The molecule has 0 aliphatic heterocycles. The molecule has 19 heavy (non-hydrogen) atoms. The summed E-state index contributed by atoms with van der Waals surface area (Å²) >= 11 is 11.9. The molecule has 0 unspecified atom stereocenters. The fourth-order valence-electron chi connectivity index (χ4n) is 1.61. The molecule has 0 bridgehead atoms. The normalized spacial score (nSPS) is 10.5. The number of benzene rings is 1. The summed E-state index contributed by atoms with van der Waals surface area (Å²) in [5.41, 5.74) is 0.668. The number of hydrogen-bond donors (Lipinski definition) is 0. The number of halogens is 3. The van der Waals surface area contributed by atoms with E-state index in [1.807, 2.05) is 36.7 Å². The van der Waals surface area contributed by atoms with Gasteiger partial charge in [0.25, 0.3) is 5.91 Å². The lowest BCUT2D eigenvalue weighted by Crippen LogP contribution is -2.26. The zero-order valence-electron chi connectivity index (χ0n) is 9.99. The van der Waals surface area contributed by atoms with Gasteiger partial charge < -0.3 is 4.90 Å². The number of nitrogens with zero attached hydrogens (tertiary/aromatic N) is 1. The van der Waals surface area contributed by atoms with Crippen molar-refractivity contribution < 1.29 is 4.79 Å². The standard InChI is InChI=1S/C13H10Br3NOS/c1-17(6-10-4-9(15)7-19-10)13(18)11-3-2-8(14)5-12(11)16/h2-5,7H,6H2,1H3. The van der Waals surface area contributed by atoms with Gasteiger partial charge in [-0.25, -0.2) is 0 Å². The maximum Gasteiger partial charge on any atom is 0.255 e. The third-order valence-corrected chi connectivity index (χ3v) is 5.35. The lowest BCUT2D eigenvalue weighted by Gasteiger charge is -2.17. The van der Waals surface area contributed by atoms with Gasteiger partial charge in [0.1, 0.15) is 0 Å². The SMILES string of the molecule is CN(Cc1cc(Br)cs1)C(=O)c1ccc(Br)cc1Br. The molecular formula is C13H10Br3NOS. The van der Waals surface area contributed by atoms with E-state index in [0.29, 0.717) is 12.1 Å². The monoisotopic (exact) mass is 465 g/mol. The van der Waals surface area contributed by atoms with Crippen LogP contribution in [0.3, 0.4) is 0 Å². The van der Waals surface area contributed by atoms with Crippen LogP contribution in [0.25, 0.3) is 0 Å². The topological polar surface area (TPSA) is 20.3 Å². The highest BCUT2D eigenvalue weighted by Gasteiger charge is 2.15. The summed E-state index contributed by atoms with van der Waals surface area (Å²) in [5.74, 6) is 0.00361. The summed E-state index contributed by atoms with van der Waals surface area (Å²) in [4.78, 5) is 15.2. The minimum Gasteiger partial charge on any atom is -0.337 e. The van der Waals surface area contributed by atoms with Crippen molar-refractivity contribution in [1.82, 2.24) is 4.90 Å². The molecule has 2 rings (SSSR count). The van der Waals surface area contributed by atoms with Gasteiger partial charge in [0.15, 0.2) is 0 Å². The van der Waals surface area contributed by atoms with Crippen molar-refractivity contribution >= 4 is 65.0 Å². The Bertz CT molecular complexity index is 612. The average Bonchev–Trinajstić information content (AvgIpc) is 2.74. The van der Waals surface area contributed by atoms with Crippen LogP contribution in [0.1, 0.15) is 15.2 Å². The first-order chi connectivity index (χ1) is 8.97. The molecule has 2 nitrogen and oxygen atoms in total. The van der Waals surface area contributed by atoms with Crippen molar-refractivity contribution in [3.63, 3.8) is 0 Å². The Morgan fingerprint density at radius 3 is 2.53 bits per heavy atom. The van der Waals surface area contributed by atoms with Crippen molar-refractivity contribution in [2.75, 3.05) is 7.05 Å². The van der Waals surface area contributed by atoms with Gasteiger partial charge in [0.2, 0.25) is 0 Å². The molecule has 1 aromatic heterocycles. The highest BCUT2D eigenvalue weighted by Crippen LogP contribution is 2.25. The Labute approximate surface area is 141 Å². The molecule has 0 radical (unpaired) electrons. The first-order valence-electron chi connectivity index (χ1n) is 5.41. The molecule has 0 aliphatic carbocycles. The van der Waals surface area contributed by atoms with Crippen LogP contribution in [0.15, 0.2) is 43.1 Å². The van der Waals surface area contributed by atoms with Gasteiger partial charge in [-0.15, -0.1) is 11.3 Å². The molecule has 0 atom stereocenters. The second kappa shape index (κ2) is 6.52. The summed E-state index contributed by atoms with van der Waals surface area (Å²) in [6, 6.07) is 7.60. The largest absolute Gasteiger partial charge is 0.337 e. The molecule has 0 saturated heterocycles. The first-order valence-corrected chi connectivity index (χ1v) is 8.66. The van der Waals surface area contributed by atoms with Crippen LogP contribution in [-0.2, 0) is 6.54 Å². The molecule has 1 aromatic carbocycles. The molecule has 0 saturated carbocycles. The number of rotatable bonds is 3. The third kappa shape index (κ3) is 3.90. The Kier molecular flexibility index (Phi) is 5.22. The zero-order valence-corrected chi connectivity index (χ0v) is 15.6. The minimum atomic E-state index is 0.00361. The van der Waals surface area contributed by atoms with Crippen LogP contribution in [-0.4, -0.2) is 17.9 Å². The summed E-state index contributed by atoms with van der Waals surface area (Å²) in [6.45, 7) is 0.609. The molecule has 1 amide bonds. The smallest absolute Gasteiger partial charge is 0.255 e. The van der Waals surface area contributed by atoms with Crippen molar-refractivity contribution in [3.05, 3.63) is 53.5 Å². The number of thiophene rings is 1. The summed E-state index contributed by atoms with van der Waals surface area (Å²) in [5, 5.41) is 2.02. The van der Waals surface area contributed by atoms with Crippen molar-refractivity contribution in [1.29, 1.82) is 0 Å². The fourth-order valence-corrected chi connectivity index (χ4v) is 4.33. The quantitative estimate of drug-likeness (QED) is 0.599. The molecule has 0 fully saturated rings. The lowest BCUT2D eigenvalue weighted by atomic mass is 10.2. The number of carbonyl (C=O) groups is 1. The Hall–Kier alpha value is -0.170. The Morgan fingerprint density at radius 1 is 1.21 bits per heavy atom. The van der Waals surface area contributed by atoms with E-state index in [9.17, 15) is 4.79 Å². The van der Waals surface area contributed by atoms with E-state index in [4.69, 9.17) is 0 Å². The molecule has 0 aliphatic rings. The maximum atomic E-state index is 12.4.